The van der Waals surface area contributed by atoms with Gasteiger partial charge in [-0.15, -0.1) is 0 Å². The van der Waals surface area contributed by atoms with Gasteiger partial charge in [-0.3, -0.25) is 10.1 Å². The van der Waals surface area contributed by atoms with Crippen LogP contribution in [0.2, 0.25) is 0 Å². The van der Waals surface area contributed by atoms with Crippen molar-refractivity contribution in [3.63, 3.8) is 0 Å². The molecule has 0 fully saturated rings. The van der Waals surface area contributed by atoms with Gasteiger partial charge in [0.2, 0.25) is 0 Å². The number of hydrogen-bond donors (Lipinski definition) is 2. The average molecular weight is 304 g/mol. The lowest BCUT2D eigenvalue weighted by Gasteiger charge is -2.07. The zero-order valence-corrected chi connectivity index (χ0v) is 10.3. The molecule has 7 nitrogen and oxygen atoms in total. The van der Waals surface area contributed by atoms with Gasteiger partial charge >= 0.3 is 0 Å². The third kappa shape index (κ3) is 3.59. The molecule has 8 heteroatoms. The van der Waals surface area contributed by atoms with Crippen LogP contribution in [-0.2, 0) is 0 Å². The van der Waals surface area contributed by atoms with Gasteiger partial charge in [0, 0.05) is 12.5 Å². The number of nitrogens with zero attached hydrogens (tertiary/aromatic N) is 2. The van der Waals surface area contributed by atoms with Crippen molar-refractivity contribution in [1.82, 2.24) is 0 Å². The number of ether oxygens (including phenoxy) is 1. The van der Waals surface area contributed by atoms with Crippen molar-refractivity contribution in [1.29, 1.82) is 0 Å². The Labute approximate surface area is 105 Å². The van der Waals surface area contributed by atoms with Crippen LogP contribution in [0, 0.1) is 10.1 Å². The van der Waals surface area contributed by atoms with E-state index in [1.165, 1.54) is 12.1 Å². The smallest absolute Gasteiger partial charge is 0.287 e. The molecule has 3 N–H and O–H groups in total. The highest BCUT2D eigenvalue weighted by Crippen LogP contribution is 2.33. The Morgan fingerprint density at radius 1 is 1.65 bits per heavy atom. The molecule has 0 aromatic heterocycles. The molecule has 0 amide bonds. The largest absolute Gasteiger partial charge is 0.492 e. The number of oxime groups is 1. The molecule has 1 aromatic rings. The van der Waals surface area contributed by atoms with Gasteiger partial charge in [0.05, 0.1) is 11.5 Å². The quantitative estimate of drug-likeness (QED) is 0.283. The lowest BCUT2D eigenvalue weighted by Crippen LogP contribution is -2.15. The lowest BCUT2D eigenvalue weighted by atomic mass is 10.3. The van der Waals surface area contributed by atoms with E-state index in [0.717, 1.165) is 0 Å². The Bertz CT molecular complexity index is 450. The van der Waals surface area contributed by atoms with Gasteiger partial charge in [0.15, 0.2) is 0 Å². The first kappa shape index (κ1) is 13.2. The summed E-state index contributed by atoms with van der Waals surface area (Å²) in [4.78, 5) is 10.1. The van der Waals surface area contributed by atoms with E-state index >= 15 is 0 Å². The van der Waals surface area contributed by atoms with Crippen molar-refractivity contribution in [2.24, 2.45) is 10.9 Å². The fraction of sp³-hybridized carbons (Fsp3) is 0.222. The van der Waals surface area contributed by atoms with Crippen molar-refractivity contribution >= 4 is 27.5 Å². The third-order valence-electron chi connectivity index (χ3n) is 1.88. The van der Waals surface area contributed by atoms with Crippen molar-refractivity contribution in [2.75, 3.05) is 6.61 Å². The molecule has 0 bridgehead atoms. The van der Waals surface area contributed by atoms with Gasteiger partial charge in [0.1, 0.15) is 16.1 Å². The average Bonchev–Trinajstić information content (AvgIpc) is 2.30. The molecule has 0 radical (unpaired) electrons. The SMILES string of the molecule is N/C(CCOc1cccc([N+](=O)[O-])c1Br)=N/O. The predicted molar refractivity (Wildman–Crippen MR) is 64.3 cm³/mol. The number of amidine groups is 1. The predicted octanol–water partition coefficient (Wildman–Crippen LogP) is 1.87. The summed E-state index contributed by atoms with van der Waals surface area (Å²) in [6, 6.07) is 4.46. The number of rotatable bonds is 5. The van der Waals surface area contributed by atoms with Crippen LogP contribution in [0.3, 0.4) is 0 Å². The van der Waals surface area contributed by atoms with E-state index in [1.807, 2.05) is 0 Å². The van der Waals surface area contributed by atoms with Gasteiger partial charge in [-0.1, -0.05) is 11.2 Å². The van der Waals surface area contributed by atoms with E-state index in [1.54, 1.807) is 6.07 Å². The Balaban J connectivity index is 2.72. The number of nitro groups is 1. The van der Waals surface area contributed by atoms with E-state index in [4.69, 9.17) is 15.7 Å². The summed E-state index contributed by atoms with van der Waals surface area (Å²) in [7, 11) is 0. The first-order chi connectivity index (χ1) is 8.06. The minimum absolute atomic E-state index is 0.0338. The standard InChI is InChI=1S/C9H10BrN3O4/c10-9-6(13(15)16)2-1-3-7(9)17-5-4-8(11)12-14/h1-3,14H,4-5H2,(H2,11,12). The monoisotopic (exact) mass is 303 g/mol. The molecular formula is C9H10BrN3O4. The van der Waals surface area contributed by atoms with E-state index < -0.39 is 4.92 Å². The summed E-state index contributed by atoms with van der Waals surface area (Å²) < 4.78 is 5.54. The van der Waals surface area contributed by atoms with Gasteiger partial charge in [-0.25, -0.2) is 0 Å². The summed E-state index contributed by atoms with van der Waals surface area (Å²) >= 11 is 3.09. The number of halogens is 1. The van der Waals surface area contributed by atoms with Gasteiger partial charge in [-0.05, 0) is 22.0 Å². The van der Waals surface area contributed by atoms with Crippen LogP contribution >= 0.6 is 15.9 Å². The normalized spacial score (nSPS) is 11.2. The fourth-order valence-corrected chi connectivity index (χ4v) is 1.59. The van der Waals surface area contributed by atoms with Crippen molar-refractivity contribution in [2.45, 2.75) is 6.42 Å². The highest BCUT2D eigenvalue weighted by molar-refractivity contribution is 9.10. The third-order valence-corrected chi connectivity index (χ3v) is 2.68. The van der Waals surface area contributed by atoms with Crippen LogP contribution in [0.4, 0.5) is 5.69 Å². The van der Waals surface area contributed by atoms with Crippen LogP contribution in [0.5, 0.6) is 5.75 Å². The molecule has 0 saturated heterocycles. The zero-order chi connectivity index (χ0) is 12.8. The maximum Gasteiger partial charge on any atom is 0.287 e. The molecule has 0 spiro atoms. The number of benzene rings is 1. The Morgan fingerprint density at radius 2 is 2.35 bits per heavy atom. The van der Waals surface area contributed by atoms with Crippen molar-refractivity contribution < 1.29 is 14.9 Å². The molecule has 17 heavy (non-hydrogen) atoms. The van der Waals surface area contributed by atoms with Crippen molar-refractivity contribution in [3.8, 4) is 5.75 Å². The topological polar surface area (TPSA) is 111 Å². The first-order valence-electron chi connectivity index (χ1n) is 4.58. The molecule has 1 aromatic carbocycles. The molecule has 0 aliphatic carbocycles. The minimum Gasteiger partial charge on any atom is -0.492 e. The minimum atomic E-state index is -0.513. The van der Waals surface area contributed by atoms with Gasteiger partial charge < -0.3 is 15.7 Å². The Hall–Kier alpha value is -1.83. The summed E-state index contributed by atoms with van der Waals surface area (Å²) in [5.74, 6) is 0.372. The second kappa shape index (κ2) is 6.04. The van der Waals surface area contributed by atoms with E-state index in [-0.39, 0.29) is 29.0 Å². The second-order valence-corrected chi connectivity index (χ2v) is 3.83. The van der Waals surface area contributed by atoms with Crippen LogP contribution in [0.25, 0.3) is 0 Å². The van der Waals surface area contributed by atoms with Gasteiger partial charge in [0.25, 0.3) is 5.69 Å². The van der Waals surface area contributed by atoms with E-state index in [0.29, 0.717) is 5.75 Å². The maximum absolute atomic E-state index is 10.7. The summed E-state index contributed by atoms with van der Waals surface area (Å²) in [5, 5.41) is 21.7. The van der Waals surface area contributed by atoms with E-state index in [9.17, 15) is 10.1 Å². The molecule has 92 valence electrons. The van der Waals surface area contributed by atoms with Crippen LogP contribution in [-0.4, -0.2) is 22.6 Å². The molecule has 1 rings (SSSR count). The van der Waals surface area contributed by atoms with E-state index in [2.05, 4.69) is 21.1 Å². The number of nitrogens with two attached hydrogens (primary N) is 1. The second-order valence-electron chi connectivity index (χ2n) is 3.04. The molecule has 0 unspecified atom stereocenters. The molecule has 0 aliphatic heterocycles. The highest BCUT2D eigenvalue weighted by atomic mass is 79.9. The Morgan fingerprint density at radius 3 is 2.94 bits per heavy atom. The van der Waals surface area contributed by atoms with Crippen LogP contribution in [0.1, 0.15) is 6.42 Å². The fourth-order valence-electron chi connectivity index (χ4n) is 1.07. The molecule has 0 heterocycles. The van der Waals surface area contributed by atoms with Crippen LogP contribution < -0.4 is 10.5 Å². The zero-order valence-electron chi connectivity index (χ0n) is 8.67. The summed E-state index contributed by atoms with van der Waals surface area (Å²) in [6.45, 7) is 0.162. The highest BCUT2D eigenvalue weighted by Gasteiger charge is 2.15. The molecular weight excluding hydrogens is 294 g/mol. The first-order valence-corrected chi connectivity index (χ1v) is 5.37. The lowest BCUT2D eigenvalue weighted by molar-refractivity contribution is -0.385. The van der Waals surface area contributed by atoms with Crippen molar-refractivity contribution in [3.05, 3.63) is 32.8 Å². The summed E-state index contributed by atoms with van der Waals surface area (Å²) in [5.41, 5.74) is 5.18. The van der Waals surface area contributed by atoms with Gasteiger partial charge in [-0.2, -0.15) is 0 Å². The molecule has 0 atom stereocenters. The Kier molecular flexibility index (Phi) is 4.70. The summed E-state index contributed by atoms with van der Waals surface area (Å²) in [6.07, 6.45) is 0.228. The maximum atomic E-state index is 10.7. The molecule has 0 saturated carbocycles. The number of nitro benzene ring substituents is 1. The van der Waals surface area contributed by atoms with Crippen LogP contribution in [0.15, 0.2) is 27.8 Å². The number of hydrogen-bond acceptors (Lipinski definition) is 5. The molecule has 0 aliphatic rings.